The van der Waals surface area contributed by atoms with Gasteiger partial charge in [-0.05, 0) is 41.0 Å². The van der Waals surface area contributed by atoms with Gasteiger partial charge in [-0.1, -0.05) is 54.6 Å². The van der Waals surface area contributed by atoms with Crippen molar-refractivity contribution < 1.29 is 24.1 Å². The van der Waals surface area contributed by atoms with Gasteiger partial charge < -0.3 is 24.1 Å². The Labute approximate surface area is 232 Å². The average molecular weight is 539 g/mol. The summed E-state index contributed by atoms with van der Waals surface area (Å²) >= 11 is 0. The second kappa shape index (κ2) is 11.1. The first kappa shape index (κ1) is 25.9. The first-order valence-corrected chi connectivity index (χ1v) is 13.1. The average Bonchev–Trinajstić information content (AvgIpc) is 3.61. The molecule has 9 heteroatoms. The highest BCUT2D eigenvalue weighted by Gasteiger charge is 2.42. The Morgan fingerprint density at radius 3 is 2.12 bits per heavy atom. The summed E-state index contributed by atoms with van der Waals surface area (Å²) in [4.78, 5) is 12.7. The van der Waals surface area contributed by atoms with Crippen LogP contribution < -0.4 is 9.47 Å². The highest BCUT2D eigenvalue weighted by atomic mass is 16.6. The van der Waals surface area contributed by atoms with Gasteiger partial charge in [0.25, 0.3) is 0 Å². The Bertz CT molecular complexity index is 1510. The first-order chi connectivity index (χ1) is 19.6. The Balaban J connectivity index is 1.37. The number of ether oxygens (including phenoxy) is 4. The predicted molar refractivity (Wildman–Crippen MR) is 148 cm³/mol. The molecule has 204 valence electrons. The number of fused-ring (bicyclic) bond motifs is 1. The molecule has 3 aromatic carbocycles. The number of hydrogen-bond acceptors (Lipinski definition) is 8. The lowest BCUT2D eigenvalue weighted by atomic mass is 9.80. The third-order valence-electron chi connectivity index (χ3n) is 7.39. The zero-order valence-corrected chi connectivity index (χ0v) is 22.3. The van der Waals surface area contributed by atoms with Crippen molar-refractivity contribution in [1.29, 1.82) is 0 Å². The normalized spacial score (nSPS) is 19.1. The van der Waals surface area contributed by atoms with E-state index in [1.54, 1.807) is 26.7 Å². The molecule has 1 aliphatic rings. The van der Waals surface area contributed by atoms with Crippen LogP contribution in [0.3, 0.4) is 0 Å². The lowest BCUT2D eigenvalue weighted by molar-refractivity contribution is -0.0931. The summed E-state index contributed by atoms with van der Waals surface area (Å²) in [5.74, 6) is 1.49. The summed E-state index contributed by atoms with van der Waals surface area (Å²) in [7, 11) is 3.29. The Morgan fingerprint density at radius 2 is 1.50 bits per heavy atom. The van der Waals surface area contributed by atoms with E-state index in [1.165, 1.54) is 6.33 Å². The van der Waals surface area contributed by atoms with E-state index in [-0.39, 0.29) is 6.61 Å². The van der Waals surface area contributed by atoms with Crippen LogP contribution in [0.5, 0.6) is 11.5 Å². The van der Waals surface area contributed by atoms with E-state index in [1.807, 2.05) is 83.4 Å². The highest BCUT2D eigenvalue weighted by molar-refractivity contribution is 5.68. The van der Waals surface area contributed by atoms with Crippen LogP contribution in [-0.2, 0) is 15.1 Å². The number of methoxy groups -OCH3 is 2. The quantitative estimate of drug-likeness (QED) is 0.274. The van der Waals surface area contributed by atoms with Crippen molar-refractivity contribution in [3.8, 4) is 11.5 Å². The molecule has 6 rings (SSSR count). The van der Waals surface area contributed by atoms with Gasteiger partial charge in [0.1, 0.15) is 41.3 Å². The monoisotopic (exact) mass is 538 g/mol. The molecule has 0 amide bonds. The summed E-state index contributed by atoms with van der Waals surface area (Å²) in [5, 5.41) is 11.1. The number of nitrogens with zero attached hydrogens (tertiary/aromatic N) is 4. The van der Waals surface area contributed by atoms with Gasteiger partial charge in [0.05, 0.1) is 39.5 Å². The van der Waals surface area contributed by atoms with Gasteiger partial charge >= 0.3 is 0 Å². The molecule has 9 nitrogen and oxygen atoms in total. The van der Waals surface area contributed by atoms with Gasteiger partial charge in [-0.15, -0.1) is 0 Å². The standard InChI is InChI=1S/C31H30N4O5/c1-37-24-12-8-22(9-13-24)31(21-6-4-3-5-7-21,23-10-14-25(38-2)15-11-23)39-18-28-27(36)16-29(40-28)35-20-34-26-17-32-19-33-30(26)35/h3-15,17,19-20,27-29,36H,16,18H2,1-2H3/t27-,28+,29+/m0/s1. The summed E-state index contributed by atoms with van der Waals surface area (Å²) in [6, 6.07) is 25.7. The molecule has 0 radical (unpaired) electrons. The van der Waals surface area contributed by atoms with Crippen LogP contribution in [0.1, 0.15) is 29.3 Å². The maximum absolute atomic E-state index is 11.1. The van der Waals surface area contributed by atoms with E-state index in [9.17, 15) is 5.11 Å². The first-order valence-electron chi connectivity index (χ1n) is 13.1. The smallest absolute Gasteiger partial charge is 0.165 e. The fourth-order valence-electron chi connectivity index (χ4n) is 5.31. The minimum absolute atomic E-state index is 0.131. The van der Waals surface area contributed by atoms with E-state index in [0.29, 0.717) is 17.6 Å². The molecule has 0 saturated carbocycles. The zero-order chi connectivity index (χ0) is 27.5. The number of aliphatic hydroxyl groups is 1. The van der Waals surface area contributed by atoms with Crippen molar-refractivity contribution in [3.05, 3.63) is 114 Å². The summed E-state index contributed by atoms with van der Waals surface area (Å²) in [6.45, 7) is 0.131. The SMILES string of the molecule is COc1ccc(C(OC[C@H]2O[C@@H](n3cnc4cncnc43)C[C@@H]2O)(c2ccccc2)c2ccc(OC)cc2)cc1. The van der Waals surface area contributed by atoms with Gasteiger partial charge in [0.15, 0.2) is 5.65 Å². The predicted octanol–water partition coefficient (Wildman–Crippen LogP) is 4.50. The fraction of sp³-hybridized carbons (Fsp3) is 0.258. The number of benzene rings is 3. The molecule has 1 saturated heterocycles. The molecule has 0 aliphatic carbocycles. The van der Waals surface area contributed by atoms with E-state index in [2.05, 4.69) is 15.0 Å². The molecule has 0 unspecified atom stereocenters. The van der Waals surface area contributed by atoms with Crippen molar-refractivity contribution in [2.45, 2.75) is 30.5 Å². The van der Waals surface area contributed by atoms with Crippen molar-refractivity contribution in [3.63, 3.8) is 0 Å². The van der Waals surface area contributed by atoms with Crippen molar-refractivity contribution in [1.82, 2.24) is 19.5 Å². The fourth-order valence-corrected chi connectivity index (χ4v) is 5.31. The molecule has 1 fully saturated rings. The summed E-state index contributed by atoms with van der Waals surface area (Å²) in [6.07, 6.45) is 3.42. The lowest BCUT2D eigenvalue weighted by Crippen LogP contribution is -2.38. The van der Waals surface area contributed by atoms with Crippen molar-refractivity contribution in [2.75, 3.05) is 20.8 Å². The van der Waals surface area contributed by atoms with Crippen molar-refractivity contribution >= 4 is 11.2 Å². The summed E-state index contributed by atoms with van der Waals surface area (Å²) in [5.41, 5.74) is 3.07. The maximum atomic E-state index is 11.1. The Morgan fingerprint density at radius 1 is 0.875 bits per heavy atom. The molecule has 5 aromatic rings. The Hall–Kier alpha value is -4.31. The third-order valence-corrected chi connectivity index (χ3v) is 7.39. The van der Waals surface area contributed by atoms with Crippen molar-refractivity contribution in [2.24, 2.45) is 0 Å². The maximum Gasteiger partial charge on any atom is 0.165 e. The highest BCUT2D eigenvalue weighted by Crippen LogP contribution is 2.43. The van der Waals surface area contributed by atoms with Crippen LogP contribution in [0.4, 0.5) is 0 Å². The van der Waals surface area contributed by atoms with Crippen LogP contribution in [0.2, 0.25) is 0 Å². The number of rotatable bonds is 9. The van der Waals surface area contributed by atoms with Crippen LogP contribution in [0.25, 0.3) is 11.2 Å². The second-order valence-electron chi connectivity index (χ2n) is 9.63. The second-order valence-corrected chi connectivity index (χ2v) is 9.63. The number of imidazole rings is 1. The van der Waals surface area contributed by atoms with E-state index < -0.39 is 24.0 Å². The molecule has 1 aliphatic heterocycles. The molecular weight excluding hydrogens is 508 g/mol. The van der Waals surface area contributed by atoms with E-state index in [0.717, 1.165) is 28.2 Å². The molecule has 1 N–H and O–H groups in total. The van der Waals surface area contributed by atoms with Crippen LogP contribution in [-0.4, -0.2) is 57.7 Å². The molecule has 3 heterocycles. The molecule has 0 bridgehead atoms. The van der Waals surface area contributed by atoms with Crippen LogP contribution >= 0.6 is 0 Å². The minimum atomic E-state index is -1.00. The molecule has 2 aromatic heterocycles. The summed E-state index contributed by atoms with van der Waals surface area (Å²) < 4.78 is 26.0. The van der Waals surface area contributed by atoms with Gasteiger partial charge in [-0.2, -0.15) is 0 Å². The molecule has 3 atom stereocenters. The third kappa shape index (κ3) is 4.68. The van der Waals surface area contributed by atoms with Crippen LogP contribution in [0, 0.1) is 0 Å². The van der Waals surface area contributed by atoms with E-state index in [4.69, 9.17) is 18.9 Å². The number of aromatic nitrogens is 4. The number of hydrogen-bond donors (Lipinski definition) is 1. The molecular formula is C31H30N4O5. The van der Waals surface area contributed by atoms with Gasteiger partial charge in [0.2, 0.25) is 0 Å². The van der Waals surface area contributed by atoms with Crippen LogP contribution in [0.15, 0.2) is 97.7 Å². The number of aliphatic hydroxyl groups excluding tert-OH is 1. The van der Waals surface area contributed by atoms with E-state index >= 15 is 0 Å². The topological polar surface area (TPSA) is 101 Å². The molecule has 0 spiro atoms. The minimum Gasteiger partial charge on any atom is -0.497 e. The zero-order valence-electron chi connectivity index (χ0n) is 22.3. The van der Waals surface area contributed by atoms with Gasteiger partial charge in [0, 0.05) is 6.42 Å². The molecule has 40 heavy (non-hydrogen) atoms. The van der Waals surface area contributed by atoms with Gasteiger partial charge in [-0.3, -0.25) is 4.57 Å². The Kier molecular flexibility index (Phi) is 7.17. The van der Waals surface area contributed by atoms with Gasteiger partial charge in [-0.25, -0.2) is 15.0 Å². The lowest BCUT2D eigenvalue weighted by Gasteiger charge is -2.37. The largest absolute Gasteiger partial charge is 0.497 e.